The molecule has 0 spiro atoms. The Bertz CT molecular complexity index is 1450. The Balaban J connectivity index is 0.000000387. The van der Waals surface area contributed by atoms with Crippen LogP contribution in [0.15, 0.2) is 102 Å². The number of rotatable bonds is 8. The molecule has 2 heterocycles. The molecule has 6 nitrogen and oxygen atoms in total. The molecule has 2 N–H and O–H groups in total. The van der Waals surface area contributed by atoms with E-state index in [0.717, 1.165) is 29.7 Å². The molecular weight excluding hydrogens is 564 g/mol. The first-order chi connectivity index (χ1) is 19.2. The van der Waals surface area contributed by atoms with Gasteiger partial charge in [-0.15, -0.1) is 0 Å². The number of nitrogens with one attached hydrogen (secondary N) is 1. The highest BCUT2D eigenvalue weighted by Crippen LogP contribution is 2.31. The zero-order chi connectivity index (χ0) is 29.5. The Morgan fingerprint density at radius 1 is 1.10 bits per heavy atom. The molecule has 4 rings (SSSR count). The predicted molar refractivity (Wildman–Crippen MR) is 171 cm³/mol. The fourth-order valence-corrected chi connectivity index (χ4v) is 3.86. The summed E-state index contributed by atoms with van der Waals surface area (Å²) >= 11 is 3.50. The van der Waals surface area contributed by atoms with Crippen LogP contribution in [0.5, 0.6) is 5.75 Å². The van der Waals surface area contributed by atoms with Crippen molar-refractivity contribution in [3.8, 4) is 17.0 Å². The molecule has 0 atom stereocenters. The topological polar surface area (TPSA) is 79.5 Å². The van der Waals surface area contributed by atoms with E-state index in [9.17, 15) is 9.90 Å². The summed E-state index contributed by atoms with van der Waals surface area (Å²) in [6.07, 6.45) is 11.7. The van der Waals surface area contributed by atoms with Gasteiger partial charge in [0.2, 0.25) is 0 Å². The monoisotopic (exact) mass is 602 g/mol. The summed E-state index contributed by atoms with van der Waals surface area (Å²) in [6, 6.07) is 17.4. The van der Waals surface area contributed by atoms with Crippen LogP contribution in [0.1, 0.15) is 44.7 Å². The van der Waals surface area contributed by atoms with Crippen molar-refractivity contribution in [2.45, 2.75) is 47.5 Å². The number of nitrogens with zero attached hydrogens (tertiary/aromatic N) is 3. The molecular formula is C33H39BrN4O2. The third kappa shape index (κ3) is 10.3. The highest BCUT2D eigenvalue weighted by atomic mass is 79.9. The highest BCUT2D eigenvalue weighted by Gasteiger charge is 2.13. The van der Waals surface area contributed by atoms with Crippen LogP contribution in [0.2, 0.25) is 0 Å². The number of fused-ring (bicyclic) bond motifs is 1. The van der Waals surface area contributed by atoms with Crippen molar-refractivity contribution >= 4 is 33.2 Å². The van der Waals surface area contributed by atoms with Crippen molar-refractivity contribution in [1.82, 2.24) is 14.6 Å². The minimum Gasteiger partial charge on any atom is -0.507 e. The lowest BCUT2D eigenvalue weighted by Gasteiger charge is -2.11. The normalized spacial score (nSPS) is 10.9. The molecule has 0 aliphatic rings. The Kier molecular flexibility index (Phi) is 13.6. The Labute approximate surface area is 246 Å². The van der Waals surface area contributed by atoms with Gasteiger partial charge in [0.1, 0.15) is 17.4 Å². The largest absolute Gasteiger partial charge is 0.507 e. The van der Waals surface area contributed by atoms with E-state index in [0.29, 0.717) is 16.9 Å². The average Bonchev–Trinajstić information content (AvgIpc) is 3.30. The number of ketones is 1. The third-order valence-electron chi connectivity index (χ3n) is 5.72. The molecule has 0 fully saturated rings. The van der Waals surface area contributed by atoms with Gasteiger partial charge in [-0.05, 0) is 85.3 Å². The van der Waals surface area contributed by atoms with Crippen molar-refractivity contribution in [3.63, 3.8) is 0 Å². The van der Waals surface area contributed by atoms with Gasteiger partial charge < -0.3 is 15.2 Å². The molecule has 210 valence electrons. The van der Waals surface area contributed by atoms with E-state index in [1.54, 1.807) is 22.8 Å². The summed E-state index contributed by atoms with van der Waals surface area (Å²) in [6.45, 7) is 13.9. The van der Waals surface area contributed by atoms with Crippen molar-refractivity contribution in [2.24, 2.45) is 0 Å². The first-order valence-electron chi connectivity index (χ1n) is 13.2. The summed E-state index contributed by atoms with van der Waals surface area (Å²) in [5, 5.41) is 18.0. The molecule has 0 aliphatic heterocycles. The number of hydrogen-bond acceptors (Lipinski definition) is 5. The summed E-state index contributed by atoms with van der Waals surface area (Å²) in [7, 11) is 0. The van der Waals surface area contributed by atoms with Crippen molar-refractivity contribution in [2.75, 3.05) is 11.9 Å². The number of carbonyl (C=O) groups is 1. The maximum atomic E-state index is 10.2. The number of carbonyl (C=O) groups excluding carboxylic acids is 1. The molecule has 2 aromatic heterocycles. The molecule has 0 amide bonds. The van der Waals surface area contributed by atoms with Crippen molar-refractivity contribution in [3.05, 3.63) is 113 Å². The van der Waals surface area contributed by atoms with Gasteiger partial charge in [-0.1, -0.05) is 74.2 Å². The van der Waals surface area contributed by atoms with Gasteiger partial charge in [-0.25, -0.2) is 4.98 Å². The van der Waals surface area contributed by atoms with E-state index in [1.807, 2.05) is 30.4 Å². The van der Waals surface area contributed by atoms with Crippen molar-refractivity contribution < 1.29 is 9.90 Å². The lowest BCUT2D eigenvalue weighted by atomic mass is 10.1. The average molecular weight is 604 g/mol. The zero-order valence-electron chi connectivity index (χ0n) is 24.0. The molecule has 0 saturated carbocycles. The Hall–Kier alpha value is -3.97. The SMILES string of the molecule is C=C/C=C(\C=C/CCNc1cc(-c2ccccc2O)nc2c(Br)cnn12)CC.CC(C)=O.Cc1ccccc1C. The predicted octanol–water partition coefficient (Wildman–Crippen LogP) is 8.64. The second-order valence-corrected chi connectivity index (χ2v) is 10.1. The number of halogens is 1. The third-order valence-corrected chi connectivity index (χ3v) is 6.28. The fraction of sp³-hybridized carbons (Fsp3) is 0.242. The maximum absolute atomic E-state index is 10.2. The number of Topliss-reactive ketones (excluding diaryl/α,β-unsaturated/α-hetero) is 1. The fourth-order valence-electron chi connectivity index (χ4n) is 3.51. The molecule has 2 aromatic carbocycles. The second kappa shape index (κ2) is 16.9. The smallest absolute Gasteiger partial charge is 0.172 e. The molecule has 0 unspecified atom stereocenters. The number of phenols is 1. The number of hydrogen-bond donors (Lipinski definition) is 2. The summed E-state index contributed by atoms with van der Waals surface area (Å²) < 4.78 is 2.56. The number of aryl methyl sites for hydroxylation is 2. The number of anilines is 1. The van der Waals surface area contributed by atoms with E-state index in [4.69, 9.17) is 0 Å². The quantitative estimate of drug-likeness (QED) is 0.156. The van der Waals surface area contributed by atoms with Gasteiger partial charge in [0, 0.05) is 18.2 Å². The lowest BCUT2D eigenvalue weighted by molar-refractivity contribution is -0.114. The van der Waals surface area contributed by atoms with E-state index in [1.165, 1.54) is 30.5 Å². The van der Waals surface area contributed by atoms with E-state index in [2.05, 4.69) is 95.1 Å². The van der Waals surface area contributed by atoms with Gasteiger partial charge in [0.25, 0.3) is 0 Å². The van der Waals surface area contributed by atoms with Gasteiger partial charge in [-0.2, -0.15) is 9.61 Å². The zero-order valence-corrected chi connectivity index (χ0v) is 25.6. The molecule has 40 heavy (non-hydrogen) atoms. The molecule has 0 radical (unpaired) electrons. The molecule has 0 bridgehead atoms. The molecule has 4 aromatic rings. The number of allylic oxidation sites excluding steroid dienone is 4. The minimum atomic E-state index is 0.167. The number of phenolic OH excluding ortho intramolecular Hbond substituents is 1. The van der Waals surface area contributed by atoms with Crippen LogP contribution in [-0.2, 0) is 4.79 Å². The number of benzene rings is 2. The number of para-hydroxylation sites is 1. The highest BCUT2D eigenvalue weighted by molar-refractivity contribution is 9.10. The number of aromatic nitrogens is 3. The standard InChI is InChI=1S/C22H23BrN4O.C8H10.C3H6O/c1-3-9-16(4-2)10-7-8-13-24-21-14-19(17-11-5-6-12-20(17)28)26-22-18(23)15-25-27(21)22;1-7-5-3-4-6-8(7)2;1-3(2)4/h3,5-7,9-12,14-15,24,28H,1,4,8,13H2,2H3;3-6H,1-2H3;1-2H3/b10-7-,16-9-;;. The van der Waals surface area contributed by atoms with E-state index < -0.39 is 0 Å². The number of aromatic hydroxyl groups is 1. The van der Waals surface area contributed by atoms with Crippen LogP contribution in [0, 0.1) is 13.8 Å². The Morgan fingerprint density at radius 3 is 2.30 bits per heavy atom. The second-order valence-electron chi connectivity index (χ2n) is 9.21. The first kappa shape index (κ1) is 32.2. The van der Waals surface area contributed by atoms with E-state index in [-0.39, 0.29) is 11.5 Å². The maximum Gasteiger partial charge on any atom is 0.172 e. The summed E-state index contributed by atoms with van der Waals surface area (Å²) in [5.74, 6) is 1.18. The summed E-state index contributed by atoms with van der Waals surface area (Å²) in [4.78, 5) is 14.1. The van der Waals surface area contributed by atoms with Crippen LogP contribution in [0.4, 0.5) is 5.82 Å². The lowest BCUT2D eigenvalue weighted by Crippen LogP contribution is -2.07. The first-order valence-corrected chi connectivity index (χ1v) is 14.0. The molecule has 0 aliphatic carbocycles. The van der Waals surface area contributed by atoms with Gasteiger partial charge in [-0.3, -0.25) is 0 Å². The van der Waals surface area contributed by atoms with Gasteiger partial charge >= 0.3 is 0 Å². The Morgan fingerprint density at radius 2 is 1.73 bits per heavy atom. The van der Waals surface area contributed by atoms with Gasteiger partial charge in [0.05, 0.1) is 16.4 Å². The van der Waals surface area contributed by atoms with Crippen LogP contribution in [0.25, 0.3) is 16.9 Å². The van der Waals surface area contributed by atoms with Crippen LogP contribution < -0.4 is 5.32 Å². The molecule has 0 saturated heterocycles. The van der Waals surface area contributed by atoms with E-state index >= 15 is 0 Å². The van der Waals surface area contributed by atoms with Crippen LogP contribution >= 0.6 is 15.9 Å². The van der Waals surface area contributed by atoms with Crippen LogP contribution in [0.3, 0.4) is 0 Å². The summed E-state index contributed by atoms with van der Waals surface area (Å²) in [5.41, 5.74) is 6.05. The van der Waals surface area contributed by atoms with Gasteiger partial charge in [0.15, 0.2) is 5.65 Å². The molecule has 7 heteroatoms. The van der Waals surface area contributed by atoms with Crippen LogP contribution in [-0.4, -0.2) is 32.0 Å². The minimum absolute atomic E-state index is 0.167. The van der Waals surface area contributed by atoms with Crippen molar-refractivity contribution in [1.29, 1.82) is 0 Å².